The highest BCUT2D eigenvalue weighted by atomic mass is 16.5. The summed E-state index contributed by atoms with van der Waals surface area (Å²) in [7, 11) is 0. The number of carbonyl (C=O) groups is 1. The highest BCUT2D eigenvalue weighted by molar-refractivity contribution is 5.97. The van der Waals surface area contributed by atoms with E-state index in [1.54, 1.807) is 19.9 Å². The van der Waals surface area contributed by atoms with Crippen LogP contribution >= 0.6 is 0 Å². The lowest BCUT2D eigenvalue weighted by Gasteiger charge is -2.62. The van der Waals surface area contributed by atoms with Crippen LogP contribution in [-0.2, 0) is 26.8 Å². The zero-order chi connectivity index (χ0) is 26.8. The van der Waals surface area contributed by atoms with Gasteiger partial charge in [0.25, 0.3) is 0 Å². The van der Waals surface area contributed by atoms with Crippen LogP contribution in [0, 0.1) is 11.3 Å². The lowest BCUT2D eigenvalue weighted by atomic mass is 9.44. The summed E-state index contributed by atoms with van der Waals surface area (Å²) in [6.45, 7) is 16.1. The summed E-state index contributed by atoms with van der Waals surface area (Å²) in [6.07, 6.45) is 7.64. The smallest absolute Gasteiger partial charge is 0.199 e. The molecule has 1 aromatic heterocycles. The number of aliphatic hydroxyl groups is 2. The maximum atomic E-state index is 13.1. The fourth-order valence-electron chi connectivity index (χ4n) is 7.90. The van der Waals surface area contributed by atoms with Crippen LogP contribution in [0.25, 0.3) is 10.9 Å². The predicted molar refractivity (Wildman–Crippen MR) is 145 cm³/mol. The fraction of sp³-hybridized carbons (Fsp3) is 0.531. The van der Waals surface area contributed by atoms with Crippen LogP contribution < -0.4 is 0 Å². The fourth-order valence-corrected chi connectivity index (χ4v) is 7.90. The van der Waals surface area contributed by atoms with Crippen molar-refractivity contribution in [1.29, 1.82) is 0 Å². The van der Waals surface area contributed by atoms with Gasteiger partial charge >= 0.3 is 0 Å². The first kappa shape index (κ1) is 24.7. The zero-order valence-corrected chi connectivity index (χ0v) is 22.9. The Morgan fingerprint density at radius 2 is 1.95 bits per heavy atom. The van der Waals surface area contributed by atoms with E-state index in [0.717, 1.165) is 18.4 Å². The highest BCUT2D eigenvalue weighted by Gasteiger charge is 2.69. The standard InChI is InChI=1S/C32H39NO4/c1-8-28(2,3)18-9-10-23-20(15-18)21-16-19-11-14-32(36)22-17-24(34)27(29(4,5)35)37-25(22)12-13-30(32,6)31(19,7)26(21)33-23/h8-10,12,15,17,19,27,33,35-36H,1,11,13-14,16H2,2-7H3/t19-,27-,30+,31+,32+/m0/s1. The number of ketones is 1. The van der Waals surface area contributed by atoms with Crippen molar-refractivity contribution in [3.05, 3.63) is 71.2 Å². The summed E-state index contributed by atoms with van der Waals surface area (Å²) in [6, 6.07) is 6.67. The summed E-state index contributed by atoms with van der Waals surface area (Å²) in [5.41, 5.74) is 2.02. The molecular formula is C32H39NO4. The molecule has 37 heavy (non-hydrogen) atoms. The first-order chi connectivity index (χ1) is 17.2. The minimum Gasteiger partial charge on any atom is -0.479 e. The van der Waals surface area contributed by atoms with Crippen LogP contribution in [0.5, 0.6) is 0 Å². The first-order valence-electron chi connectivity index (χ1n) is 13.5. The third-order valence-corrected chi connectivity index (χ3v) is 10.7. The molecule has 0 amide bonds. The Morgan fingerprint density at radius 1 is 1.22 bits per heavy atom. The van der Waals surface area contributed by atoms with Crippen molar-refractivity contribution in [2.45, 2.75) is 95.4 Å². The third kappa shape index (κ3) is 2.96. The number of hydrogen-bond donors (Lipinski definition) is 3. The van der Waals surface area contributed by atoms with E-state index in [4.69, 9.17) is 4.74 Å². The number of carbonyl (C=O) groups excluding carboxylic acids is 1. The minimum atomic E-state index is -1.31. The second-order valence-electron chi connectivity index (χ2n) is 13.4. The van der Waals surface area contributed by atoms with Gasteiger partial charge in [-0.3, -0.25) is 4.79 Å². The lowest BCUT2D eigenvalue weighted by Crippen LogP contribution is -2.65. The number of ether oxygens (including phenoxy) is 1. The molecule has 1 aliphatic heterocycles. The Morgan fingerprint density at radius 3 is 2.62 bits per heavy atom. The topological polar surface area (TPSA) is 82.5 Å². The number of nitrogens with one attached hydrogen (secondary N) is 1. The maximum absolute atomic E-state index is 13.1. The molecule has 1 fully saturated rings. The van der Waals surface area contributed by atoms with Crippen LogP contribution in [0.4, 0.5) is 0 Å². The molecule has 1 saturated carbocycles. The van der Waals surface area contributed by atoms with Crippen molar-refractivity contribution >= 4 is 16.7 Å². The van der Waals surface area contributed by atoms with Crippen molar-refractivity contribution < 1.29 is 19.7 Å². The third-order valence-electron chi connectivity index (χ3n) is 10.7. The maximum Gasteiger partial charge on any atom is 0.199 e. The Hall–Kier alpha value is -2.63. The van der Waals surface area contributed by atoms with Crippen LogP contribution in [0.3, 0.4) is 0 Å². The number of aromatic nitrogens is 1. The molecule has 2 aromatic rings. The van der Waals surface area contributed by atoms with Gasteiger partial charge in [-0.15, -0.1) is 6.58 Å². The van der Waals surface area contributed by atoms with E-state index in [1.165, 1.54) is 22.2 Å². The second-order valence-corrected chi connectivity index (χ2v) is 13.4. The molecule has 1 aromatic carbocycles. The van der Waals surface area contributed by atoms with E-state index >= 15 is 0 Å². The first-order valence-corrected chi connectivity index (χ1v) is 13.5. The van der Waals surface area contributed by atoms with Crippen LogP contribution in [-0.4, -0.2) is 38.3 Å². The van der Waals surface area contributed by atoms with E-state index in [1.807, 2.05) is 12.2 Å². The summed E-state index contributed by atoms with van der Waals surface area (Å²) in [5.74, 6) is 0.638. The molecule has 2 heterocycles. The number of aromatic amines is 1. The van der Waals surface area contributed by atoms with Gasteiger partial charge in [0.15, 0.2) is 11.9 Å². The molecule has 5 atom stereocenters. The van der Waals surface area contributed by atoms with Gasteiger partial charge in [-0.1, -0.05) is 39.8 Å². The number of H-pyrrole nitrogens is 1. The number of allylic oxidation sites excluding steroid dienone is 2. The Kier molecular flexibility index (Phi) is 4.85. The highest BCUT2D eigenvalue weighted by Crippen LogP contribution is 2.69. The van der Waals surface area contributed by atoms with Crippen molar-refractivity contribution in [3.63, 3.8) is 0 Å². The second kappa shape index (κ2) is 7.27. The zero-order valence-electron chi connectivity index (χ0n) is 22.9. The van der Waals surface area contributed by atoms with Crippen molar-refractivity contribution in [1.82, 2.24) is 4.98 Å². The molecule has 5 nitrogen and oxygen atoms in total. The molecule has 0 saturated heterocycles. The van der Waals surface area contributed by atoms with Gasteiger partial charge in [0.2, 0.25) is 0 Å². The summed E-state index contributed by atoms with van der Waals surface area (Å²) < 4.78 is 6.06. The van der Waals surface area contributed by atoms with Crippen LogP contribution in [0.2, 0.25) is 0 Å². The van der Waals surface area contributed by atoms with Gasteiger partial charge < -0.3 is 19.9 Å². The van der Waals surface area contributed by atoms with Gasteiger partial charge in [0, 0.05) is 38.4 Å². The van der Waals surface area contributed by atoms with E-state index in [0.29, 0.717) is 30.1 Å². The molecule has 0 unspecified atom stereocenters. The van der Waals surface area contributed by atoms with Gasteiger partial charge in [-0.25, -0.2) is 0 Å². The van der Waals surface area contributed by atoms with E-state index in [9.17, 15) is 15.0 Å². The average Bonchev–Trinajstić information content (AvgIpc) is 3.34. The normalized spacial score (nSPS) is 35.1. The van der Waals surface area contributed by atoms with Crippen LogP contribution in [0.1, 0.15) is 77.6 Å². The molecule has 3 aliphatic carbocycles. The van der Waals surface area contributed by atoms with Gasteiger partial charge in [-0.2, -0.15) is 0 Å². The van der Waals surface area contributed by atoms with Gasteiger partial charge in [-0.05, 0) is 80.9 Å². The number of fused-ring (bicyclic) bond motifs is 9. The van der Waals surface area contributed by atoms with E-state index in [2.05, 4.69) is 57.5 Å². The Balaban J connectivity index is 1.49. The lowest BCUT2D eigenvalue weighted by molar-refractivity contribution is -0.157. The SMILES string of the molecule is C=CC(C)(C)c1ccc2[nH]c3c(c2c1)C[C@@H]1CC[C@@]2(O)C4=CC(=O)[C@@H](C(C)(C)O)OC4=CC[C@]2(C)[C@@]31C. The number of hydrogen-bond acceptors (Lipinski definition) is 4. The minimum absolute atomic E-state index is 0.120. The molecule has 4 aliphatic rings. The van der Waals surface area contributed by atoms with Crippen LogP contribution in [0.15, 0.2) is 54.3 Å². The molecular weight excluding hydrogens is 462 g/mol. The van der Waals surface area contributed by atoms with Crippen molar-refractivity contribution in [2.24, 2.45) is 11.3 Å². The summed E-state index contributed by atoms with van der Waals surface area (Å²) in [5, 5.41) is 24.3. The monoisotopic (exact) mass is 501 g/mol. The van der Waals surface area contributed by atoms with E-state index in [-0.39, 0.29) is 16.6 Å². The molecule has 0 radical (unpaired) electrons. The molecule has 0 bridgehead atoms. The van der Waals surface area contributed by atoms with Gasteiger partial charge in [0.05, 0.1) is 5.60 Å². The number of benzene rings is 1. The predicted octanol–water partition coefficient (Wildman–Crippen LogP) is 5.55. The Bertz CT molecular complexity index is 1420. The summed E-state index contributed by atoms with van der Waals surface area (Å²) in [4.78, 5) is 16.9. The van der Waals surface area contributed by atoms with E-state index < -0.39 is 22.7 Å². The van der Waals surface area contributed by atoms with Crippen molar-refractivity contribution in [3.8, 4) is 0 Å². The van der Waals surface area contributed by atoms with Crippen molar-refractivity contribution in [2.75, 3.05) is 0 Å². The number of rotatable bonds is 3. The Labute approximate surface area is 219 Å². The molecule has 0 spiro atoms. The quantitative estimate of drug-likeness (QED) is 0.482. The van der Waals surface area contributed by atoms with Gasteiger partial charge in [0.1, 0.15) is 11.4 Å². The molecule has 3 N–H and O–H groups in total. The largest absolute Gasteiger partial charge is 0.479 e. The average molecular weight is 502 g/mol. The molecule has 5 heteroatoms. The molecule has 196 valence electrons. The molecule has 6 rings (SSSR count). The summed E-state index contributed by atoms with van der Waals surface area (Å²) >= 11 is 0.